The number of fused-ring (bicyclic) bond motifs is 1. The Morgan fingerprint density at radius 2 is 1.93 bits per heavy atom. The zero-order valence-electron chi connectivity index (χ0n) is 16.0. The molecule has 2 heterocycles. The predicted molar refractivity (Wildman–Crippen MR) is 128 cm³/mol. The average Bonchev–Trinajstić information content (AvgIpc) is 3.20. The number of nitrogens with one attached hydrogen (secondary N) is 2. The normalized spacial score (nSPS) is 16.7. The van der Waals surface area contributed by atoms with Gasteiger partial charge in [-0.1, -0.05) is 42.5 Å². The number of anilines is 1. The molecule has 2 aromatic carbocycles. The van der Waals surface area contributed by atoms with Crippen molar-refractivity contribution in [2.75, 3.05) is 25.0 Å². The topological polar surface area (TPSA) is 52.6 Å². The highest BCUT2D eigenvalue weighted by Crippen LogP contribution is 2.20. The molecule has 0 spiro atoms. The number of halogens is 1. The van der Waals surface area contributed by atoms with Crippen molar-refractivity contribution in [3.63, 3.8) is 0 Å². The summed E-state index contributed by atoms with van der Waals surface area (Å²) in [6, 6.07) is 21.3. The summed E-state index contributed by atoms with van der Waals surface area (Å²) >= 11 is 0. The molecular weight excluding hydrogens is 461 g/mol. The van der Waals surface area contributed by atoms with Crippen LogP contribution in [0.1, 0.15) is 12.0 Å². The van der Waals surface area contributed by atoms with E-state index in [1.807, 2.05) is 19.3 Å². The second-order valence-electron chi connectivity index (χ2n) is 6.83. The van der Waals surface area contributed by atoms with Gasteiger partial charge in [0.05, 0.1) is 5.52 Å². The first-order valence-corrected chi connectivity index (χ1v) is 9.43. The van der Waals surface area contributed by atoms with Crippen LogP contribution < -0.4 is 15.5 Å². The third-order valence-corrected chi connectivity index (χ3v) is 5.04. The Labute approximate surface area is 183 Å². The lowest BCUT2D eigenvalue weighted by molar-refractivity contribution is 0.649. The number of nitrogens with zero attached hydrogens (tertiary/aromatic N) is 3. The Bertz CT molecular complexity index is 923. The van der Waals surface area contributed by atoms with Crippen molar-refractivity contribution in [2.24, 2.45) is 4.99 Å². The van der Waals surface area contributed by atoms with Gasteiger partial charge in [0, 0.05) is 50.0 Å². The van der Waals surface area contributed by atoms with E-state index in [0.29, 0.717) is 12.6 Å². The number of guanidine groups is 1. The molecule has 1 saturated heterocycles. The maximum Gasteiger partial charge on any atom is 0.191 e. The minimum Gasteiger partial charge on any atom is -0.369 e. The highest BCUT2D eigenvalue weighted by atomic mass is 127. The number of pyridine rings is 1. The van der Waals surface area contributed by atoms with Crippen LogP contribution in [0.3, 0.4) is 0 Å². The van der Waals surface area contributed by atoms with E-state index in [9.17, 15) is 0 Å². The summed E-state index contributed by atoms with van der Waals surface area (Å²) in [6.07, 6.45) is 2.95. The highest BCUT2D eigenvalue weighted by molar-refractivity contribution is 14.0. The Kier molecular flexibility index (Phi) is 7.08. The molecule has 1 aliphatic heterocycles. The van der Waals surface area contributed by atoms with E-state index in [1.54, 1.807) is 0 Å². The van der Waals surface area contributed by atoms with E-state index >= 15 is 0 Å². The van der Waals surface area contributed by atoms with Gasteiger partial charge in [0.2, 0.25) is 0 Å². The van der Waals surface area contributed by atoms with Gasteiger partial charge in [-0.2, -0.15) is 0 Å². The number of hydrogen-bond donors (Lipinski definition) is 2. The van der Waals surface area contributed by atoms with E-state index in [1.165, 1.54) is 11.3 Å². The second-order valence-corrected chi connectivity index (χ2v) is 6.83. The van der Waals surface area contributed by atoms with Crippen LogP contribution in [0, 0.1) is 0 Å². The van der Waals surface area contributed by atoms with Crippen molar-refractivity contribution in [2.45, 2.75) is 19.0 Å². The van der Waals surface area contributed by atoms with Crippen LogP contribution in [-0.2, 0) is 6.54 Å². The van der Waals surface area contributed by atoms with E-state index in [4.69, 9.17) is 0 Å². The predicted octanol–water partition coefficient (Wildman–Crippen LogP) is 3.80. The SMILES string of the molecule is CN=C(NCc1cccc2cccnc12)NC1CCN(c2ccccc2)C1.I. The molecule has 1 atom stereocenters. The fraction of sp³-hybridized carbons (Fsp3) is 0.273. The molecule has 0 bridgehead atoms. The maximum absolute atomic E-state index is 4.52. The van der Waals surface area contributed by atoms with Gasteiger partial charge in [0.1, 0.15) is 0 Å². The third-order valence-electron chi connectivity index (χ3n) is 5.04. The lowest BCUT2D eigenvalue weighted by atomic mass is 10.1. The van der Waals surface area contributed by atoms with Gasteiger partial charge in [-0.15, -0.1) is 24.0 Å². The molecule has 1 aliphatic rings. The van der Waals surface area contributed by atoms with Crippen LogP contribution in [0.5, 0.6) is 0 Å². The van der Waals surface area contributed by atoms with Crippen LogP contribution in [-0.4, -0.2) is 37.1 Å². The maximum atomic E-state index is 4.52. The number of benzene rings is 2. The van der Waals surface area contributed by atoms with Gasteiger partial charge in [0.15, 0.2) is 5.96 Å². The average molecular weight is 487 g/mol. The number of aromatic nitrogens is 1. The first-order valence-electron chi connectivity index (χ1n) is 9.43. The van der Waals surface area contributed by atoms with Crippen LogP contribution in [0.2, 0.25) is 0 Å². The van der Waals surface area contributed by atoms with Gasteiger partial charge < -0.3 is 15.5 Å². The van der Waals surface area contributed by atoms with Crippen molar-refractivity contribution < 1.29 is 0 Å². The van der Waals surface area contributed by atoms with Gasteiger partial charge in [-0.05, 0) is 30.2 Å². The fourth-order valence-electron chi connectivity index (χ4n) is 3.63. The summed E-state index contributed by atoms with van der Waals surface area (Å²) in [7, 11) is 1.82. The summed E-state index contributed by atoms with van der Waals surface area (Å²) in [6.45, 7) is 2.75. The van der Waals surface area contributed by atoms with Crippen molar-refractivity contribution in [3.05, 3.63) is 72.4 Å². The Morgan fingerprint density at radius 3 is 2.75 bits per heavy atom. The first kappa shape index (κ1) is 20.4. The summed E-state index contributed by atoms with van der Waals surface area (Å²) in [5.41, 5.74) is 3.50. The second kappa shape index (κ2) is 9.73. The van der Waals surface area contributed by atoms with Gasteiger partial charge in [0.25, 0.3) is 0 Å². The smallest absolute Gasteiger partial charge is 0.191 e. The fourth-order valence-corrected chi connectivity index (χ4v) is 3.63. The lowest BCUT2D eigenvalue weighted by Crippen LogP contribution is -2.44. The molecule has 4 rings (SSSR count). The Morgan fingerprint density at radius 1 is 1.11 bits per heavy atom. The summed E-state index contributed by atoms with van der Waals surface area (Å²) in [5.74, 6) is 0.836. The number of aliphatic imine (C=N–C) groups is 1. The molecule has 0 aliphatic carbocycles. The van der Waals surface area contributed by atoms with Crippen LogP contribution in [0.25, 0.3) is 10.9 Å². The third kappa shape index (κ3) is 4.73. The molecule has 3 aromatic rings. The first-order chi connectivity index (χ1) is 13.3. The zero-order valence-corrected chi connectivity index (χ0v) is 18.3. The largest absolute Gasteiger partial charge is 0.369 e. The molecule has 0 amide bonds. The van der Waals surface area contributed by atoms with Crippen LogP contribution in [0.4, 0.5) is 5.69 Å². The summed E-state index contributed by atoms with van der Waals surface area (Å²) < 4.78 is 0. The molecule has 0 radical (unpaired) electrons. The molecule has 2 N–H and O–H groups in total. The number of hydrogen-bond acceptors (Lipinski definition) is 3. The Hall–Kier alpha value is -2.35. The quantitative estimate of drug-likeness (QED) is 0.334. The van der Waals surface area contributed by atoms with Crippen LogP contribution in [0.15, 0.2) is 71.9 Å². The molecule has 28 heavy (non-hydrogen) atoms. The molecule has 0 saturated carbocycles. The number of para-hydroxylation sites is 2. The monoisotopic (exact) mass is 487 g/mol. The molecule has 6 heteroatoms. The Balaban J connectivity index is 0.00000225. The molecule has 1 fully saturated rings. The van der Waals surface area contributed by atoms with Crippen LogP contribution >= 0.6 is 24.0 Å². The summed E-state index contributed by atoms with van der Waals surface area (Å²) in [4.78, 5) is 11.3. The number of rotatable bonds is 4. The molecule has 146 valence electrons. The lowest BCUT2D eigenvalue weighted by Gasteiger charge is -2.20. The van der Waals surface area contributed by atoms with Gasteiger partial charge in [-0.3, -0.25) is 9.98 Å². The van der Waals surface area contributed by atoms with E-state index in [2.05, 4.69) is 80.1 Å². The minimum absolute atomic E-state index is 0. The van der Waals surface area contributed by atoms with Crippen molar-refractivity contribution in [1.29, 1.82) is 0 Å². The standard InChI is InChI=1S/C22H25N5.HI/c1-23-22(25-15-18-8-5-7-17-9-6-13-24-21(17)18)26-19-12-14-27(16-19)20-10-3-2-4-11-20;/h2-11,13,19H,12,14-16H2,1H3,(H2,23,25,26);1H. The van der Waals surface area contributed by atoms with E-state index < -0.39 is 0 Å². The van der Waals surface area contributed by atoms with Crippen molar-refractivity contribution in [1.82, 2.24) is 15.6 Å². The van der Waals surface area contributed by atoms with Crippen molar-refractivity contribution in [3.8, 4) is 0 Å². The van der Waals surface area contributed by atoms with E-state index in [-0.39, 0.29) is 24.0 Å². The van der Waals surface area contributed by atoms with Crippen molar-refractivity contribution >= 4 is 46.5 Å². The highest BCUT2D eigenvalue weighted by Gasteiger charge is 2.23. The van der Waals surface area contributed by atoms with Gasteiger partial charge in [-0.25, -0.2) is 0 Å². The molecular formula is C22H26IN5. The molecule has 5 nitrogen and oxygen atoms in total. The summed E-state index contributed by atoms with van der Waals surface area (Å²) in [5, 5.41) is 8.16. The van der Waals surface area contributed by atoms with Gasteiger partial charge >= 0.3 is 0 Å². The zero-order chi connectivity index (χ0) is 18.5. The molecule has 1 aromatic heterocycles. The molecule has 1 unspecified atom stereocenters. The minimum atomic E-state index is 0. The van der Waals surface area contributed by atoms with E-state index in [0.717, 1.165) is 36.4 Å².